The molecule has 0 aliphatic rings. The third-order valence-corrected chi connectivity index (χ3v) is 2.87. The van der Waals surface area contributed by atoms with Crippen LogP contribution in [0.15, 0.2) is 30.5 Å². The molecule has 0 bridgehead atoms. The van der Waals surface area contributed by atoms with Crippen molar-refractivity contribution in [2.45, 2.75) is 19.8 Å². The number of hydrogen-bond donors (Lipinski definition) is 1. The number of rotatable bonds is 4. The Hall–Kier alpha value is -2.70. The quantitative estimate of drug-likeness (QED) is 0.683. The topological polar surface area (TPSA) is 98.3 Å². The number of carbonyl (C=O) groups is 1. The predicted octanol–water partition coefficient (Wildman–Crippen LogP) is 2.60. The zero-order valence-electron chi connectivity index (χ0n) is 11.0. The minimum atomic E-state index is -1.23. The van der Waals surface area contributed by atoms with E-state index in [2.05, 4.69) is 5.10 Å². The number of carboxylic acid groups (broad SMARTS) is 1. The van der Waals surface area contributed by atoms with Gasteiger partial charge < -0.3 is 5.11 Å². The standard InChI is InChI=1S/C13H13N3O4/c1-8(2)10-6-7-15(14-10)12-9(13(17)18)4-3-5-11(12)16(19)20/h3-8H,1-2H3,(H,17,18). The molecule has 1 heterocycles. The summed E-state index contributed by atoms with van der Waals surface area (Å²) in [6.07, 6.45) is 1.53. The van der Waals surface area contributed by atoms with Crippen LogP contribution in [0.1, 0.15) is 35.8 Å². The number of aromatic nitrogens is 2. The molecule has 0 aliphatic heterocycles. The van der Waals surface area contributed by atoms with Gasteiger partial charge in [0.15, 0.2) is 5.69 Å². The van der Waals surface area contributed by atoms with Crippen molar-refractivity contribution in [3.8, 4) is 5.69 Å². The van der Waals surface area contributed by atoms with Gasteiger partial charge >= 0.3 is 5.97 Å². The van der Waals surface area contributed by atoms with Crippen molar-refractivity contribution in [2.75, 3.05) is 0 Å². The summed E-state index contributed by atoms with van der Waals surface area (Å²) in [4.78, 5) is 21.7. The molecule has 7 nitrogen and oxygen atoms in total. The molecule has 0 radical (unpaired) electrons. The molecule has 2 aromatic rings. The highest BCUT2D eigenvalue weighted by molar-refractivity contribution is 5.93. The van der Waals surface area contributed by atoms with Crippen LogP contribution in [0.2, 0.25) is 0 Å². The number of nitro groups is 1. The fraction of sp³-hybridized carbons (Fsp3) is 0.231. The van der Waals surface area contributed by atoms with Gasteiger partial charge in [-0.3, -0.25) is 10.1 Å². The van der Waals surface area contributed by atoms with E-state index in [9.17, 15) is 20.0 Å². The smallest absolute Gasteiger partial charge is 0.338 e. The Morgan fingerprint density at radius 1 is 1.40 bits per heavy atom. The number of benzene rings is 1. The minimum Gasteiger partial charge on any atom is -0.478 e. The molecule has 0 saturated heterocycles. The lowest BCUT2D eigenvalue weighted by molar-refractivity contribution is -0.384. The van der Waals surface area contributed by atoms with Crippen molar-refractivity contribution >= 4 is 11.7 Å². The van der Waals surface area contributed by atoms with Gasteiger partial charge in [-0.05, 0) is 18.1 Å². The van der Waals surface area contributed by atoms with Crippen molar-refractivity contribution in [3.63, 3.8) is 0 Å². The van der Waals surface area contributed by atoms with Gasteiger partial charge in [0.25, 0.3) is 5.69 Å². The van der Waals surface area contributed by atoms with Gasteiger partial charge in [-0.25, -0.2) is 9.48 Å². The SMILES string of the molecule is CC(C)c1ccn(-c2c(C(=O)O)cccc2[N+](=O)[O-])n1. The van der Waals surface area contributed by atoms with Gasteiger partial charge in [0, 0.05) is 12.3 Å². The summed E-state index contributed by atoms with van der Waals surface area (Å²) in [6.45, 7) is 3.87. The first-order valence-electron chi connectivity index (χ1n) is 5.98. The van der Waals surface area contributed by atoms with Gasteiger partial charge in [-0.15, -0.1) is 0 Å². The van der Waals surface area contributed by atoms with E-state index in [1.807, 2.05) is 13.8 Å². The van der Waals surface area contributed by atoms with E-state index < -0.39 is 10.9 Å². The summed E-state index contributed by atoms with van der Waals surface area (Å²) in [5.41, 5.74) is 0.261. The van der Waals surface area contributed by atoms with E-state index in [-0.39, 0.29) is 22.9 Å². The van der Waals surface area contributed by atoms with E-state index >= 15 is 0 Å². The van der Waals surface area contributed by atoms with Crippen LogP contribution >= 0.6 is 0 Å². The Morgan fingerprint density at radius 2 is 2.10 bits per heavy atom. The zero-order valence-corrected chi connectivity index (χ0v) is 11.0. The predicted molar refractivity (Wildman–Crippen MR) is 71.3 cm³/mol. The second-order valence-electron chi connectivity index (χ2n) is 4.58. The lowest BCUT2D eigenvalue weighted by Gasteiger charge is -2.07. The van der Waals surface area contributed by atoms with Crippen LogP contribution in [-0.4, -0.2) is 25.8 Å². The number of carboxylic acids is 1. The summed E-state index contributed by atoms with van der Waals surface area (Å²) in [5, 5.41) is 24.5. The van der Waals surface area contributed by atoms with Crippen LogP contribution in [0.3, 0.4) is 0 Å². The minimum absolute atomic E-state index is 0.0306. The van der Waals surface area contributed by atoms with Crippen molar-refractivity contribution in [2.24, 2.45) is 0 Å². The fourth-order valence-corrected chi connectivity index (χ4v) is 1.86. The molecule has 2 rings (SSSR count). The largest absolute Gasteiger partial charge is 0.478 e. The van der Waals surface area contributed by atoms with Crippen molar-refractivity contribution in [1.82, 2.24) is 9.78 Å². The number of hydrogen-bond acceptors (Lipinski definition) is 4. The third kappa shape index (κ3) is 2.37. The highest BCUT2D eigenvalue weighted by Crippen LogP contribution is 2.27. The molecule has 1 aromatic heterocycles. The van der Waals surface area contributed by atoms with Gasteiger partial charge in [0.2, 0.25) is 0 Å². The van der Waals surface area contributed by atoms with E-state index in [1.165, 1.54) is 29.1 Å². The molecule has 0 spiro atoms. The van der Waals surface area contributed by atoms with Gasteiger partial charge in [-0.2, -0.15) is 5.10 Å². The molecule has 104 valence electrons. The Bertz CT molecular complexity index is 644. The number of para-hydroxylation sites is 1. The Kier molecular flexibility index (Phi) is 3.51. The summed E-state index contributed by atoms with van der Waals surface area (Å²) in [6, 6.07) is 5.64. The average Bonchev–Trinajstić information content (AvgIpc) is 2.87. The molecular weight excluding hydrogens is 262 g/mol. The van der Waals surface area contributed by atoms with Crippen LogP contribution in [0, 0.1) is 10.1 Å². The van der Waals surface area contributed by atoms with Gasteiger partial charge in [-0.1, -0.05) is 19.9 Å². The van der Waals surface area contributed by atoms with Crippen LogP contribution in [0.4, 0.5) is 5.69 Å². The van der Waals surface area contributed by atoms with Gasteiger partial charge in [0.1, 0.15) is 0 Å². The second-order valence-corrected chi connectivity index (χ2v) is 4.58. The second kappa shape index (κ2) is 5.12. The highest BCUT2D eigenvalue weighted by atomic mass is 16.6. The zero-order chi connectivity index (χ0) is 14.9. The van der Waals surface area contributed by atoms with Crippen LogP contribution in [0.25, 0.3) is 5.69 Å². The first-order chi connectivity index (χ1) is 9.41. The Labute approximate surface area is 114 Å². The normalized spacial score (nSPS) is 10.8. The number of aromatic carboxylic acids is 1. The summed E-state index contributed by atoms with van der Waals surface area (Å²) < 4.78 is 1.25. The molecule has 1 N–H and O–H groups in total. The molecule has 0 unspecified atom stereocenters. The van der Waals surface area contributed by atoms with E-state index in [0.29, 0.717) is 0 Å². The van der Waals surface area contributed by atoms with Gasteiger partial charge in [0.05, 0.1) is 16.2 Å². The highest BCUT2D eigenvalue weighted by Gasteiger charge is 2.23. The lowest BCUT2D eigenvalue weighted by Crippen LogP contribution is -2.09. The number of nitrogens with zero attached hydrogens (tertiary/aromatic N) is 3. The van der Waals surface area contributed by atoms with Crippen molar-refractivity contribution in [1.29, 1.82) is 0 Å². The summed E-state index contributed by atoms with van der Waals surface area (Å²) in [7, 11) is 0. The molecule has 0 fully saturated rings. The monoisotopic (exact) mass is 275 g/mol. The molecule has 7 heteroatoms. The molecular formula is C13H13N3O4. The van der Waals surface area contributed by atoms with E-state index in [1.54, 1.807) is 6.07 Å². The maximum absolute atomic E-state index is 11.2. The van der Waals surface area contributed by atoms with E-state index in [0.717, 1.165) is 5.69 Å². The molecule has 0 saturated carbocycles. The average molecular weight is 275 g/mol. The van der Waals surface area contributed by atoms with Crippen LogP contribution in [0.5, 0.6) is 0 Å². The molecule has 0 atom stereocenters. The Morgan fingerprint density at radius 3 is 2.60 bits per heavy atom. The molecule has 20 heavy (non-hydrogen) atoms. The van der Waals surface area contributed by atoms with E-state index in [4.69, 9.17) is 0 Å². The maximum atomic E-state index is 11.2. The van der Waals surface area contributed by atoms with Crippen LogP contribution in [-0.2, 0) is 0 Å². The molecule has 1 aromatic carbocycles. The fourth-order valence-electron chi connectivity index (χ4n) is 1.86. The summed E-state index contributed by atoms with van der Waals surface area (Å²) in [5.74, 6) is -1.09. The first-order valence-corrected chi connectivity index (χ1v) is 5.98. The molecule has 0 amide bonds. The maximum Gasteiger partial charge on any atom is 0.338 e. The third-order valence-electron chi connectivity index (χ3n) is 2.87. The number of nitro benzene ring substituents is 1. The van der Waals surface area contributed by atoms with Crippen LogP contribution < -0.4 is 0 Å². The van der Waals surface area contributed by atoms with Crippen molar-refractivity contribution < 1.29 is 14.8 Å². The molecule has 0 aliphatic carbocycles. The Balaban J connectivity index is 2.69. The first kappa shape index (κ1) is 13.7. The van der Waals surface area contributed by atoms with Crippen molar-refractivity contribution in [3.05, 3.63) is 51.8 Å². The summed E-state index contributed by atoms with van der Waals surface area (Å²) >= 11 is 0. The lowest BCUT2D eigenvalue weighted by atomic mass is 10.1.